The van der Waals surface area contributed by atoms with E-state index in [0.29, 0.717) is 0 Å². The molecule has 0 spiro atoms. The first kappa shape index (κ1) is 14.4. The number of anilines is 1. The Hall–Kier alpha value is -2.54. The molecule has 0 saturated carbocycles. The molecule has 0 aliphatic heterocycles. The van der Waals surface area contributed by atoms with E-state index in [0.717, 1.165) is 16.4 Å². The summed E-state index contributed by atoms with van der Waals surface area (Å²) in [6.07, 6.45) is 5.55. The number of nitrogens with one attached hydrogen (secondary N) is 1. The molecule has 2 aromatic heterocycles. The van der Waals surface area contributed by atoms with Crippen molar-refractivity contribution in [3.8, 4) is 5.69 Å². The maximum atomic E-state index is 13.5. The third-order valence-electron chi connectivity index (χ3n) is 2.96. The van der Waals surface area contributed by atoms with Gasteiger partial charge in [-0.3, -0.25) is 9.78 Å². The highest BCUT2D eigenvalue weighted by atomic mass is 79.9. The molecule has 0 bridgehead atoms. The van der Waals surface area contributed by atoms with E-state index in [2.05, 4.69) is 31.2 Å². The Bertz CT molecular complexity index is 816. The number of halogens is 2. The molecular weight excluding hydrogens is 351 g/mol. The number of imidazole rings is 1. The number of amides is 1. The predicted octanol–water partition coefficient (Wildman–Crippen LogP) is 3.42. The molecule has 7 heteroatoms. The van der Waals surface area contributed by atoms with Gasteiger partial charge < -0.3 is 9.88 Å². The first-order valence-electron chi connectivity index (χ1n) is 6.34. The Morgan fingerprint density at radius 1 is 1.23 bits per heavy atom. The number of hydrogen-bond donors (Lipinski definition) is 1. The summed E-state index contributed by atoms with van der Waals surface area (Å²) in [5.41, 5.74) is 1.13. The molecule has 2 heterocycles. The molecule has 22 heavy (non-hydrogen) atoms. The fourth-order valence-electron chi connectivity index (χ4n) is 1.86. The minimum absolute atomic E-state index is 0.0678. The van der Waals surface area contributed by atoms with Crippen molar-refractivity contribution in [3.63, 3.8) is 0 Å². The van der Waals surface area contributed by atoms with Crippen LogP contribution < -0.4 is 5.32 Å². The number of carbonyl (C=O) groups excluding carboxylic acids is 1. The van der Waals surface area contributed by atoms with Crippen molar-refractivity contribution >= 4 is 27.5 Å². The third-order valence-corrected chi connectivity index (χ3v) is 3.49. The van der Waals surface area contributed by atoms with E-state index in [1.54, 1.807) is 10.8 Å². The van der Waals surface area contributed by atoms with Crippen LogP contribution in [0.25, 0.3) is 5.69 Å². The second-order valence-corrected chi connectivity index (χ2v) is 5.37. The molecule has 1 aromatic carbocycles. The van der Waals surface area contributed by atoms with Crippen LogP contribution in [0.5, 0.6) is 0 Å². The first-order valence-corrected chi connectivity index (χ1v) is 7.13. The van der Waals surface area contributed by atoms with E-state index in [1.807, 2.05) is 24.3 Å². The fraction of sp³-hybridized carbons (Fsp3) is 0. The number of rotatable bonds is 3. The minimum atomic E-state index is -0.594. The third kappa shape index (κ3) is 3.04. The van der Waals surface area contributed by atoms with Gasteiger partial charge in [-0.1, -0.05) is 15.9 Å². The Morgan fingerprint density at radius 3 is 2.73 bits per heavy atom. The molecule has 0 radical (unpaired) electrons. The summed E-state index contributed by atoms with van der Waals surface area (Å²) in [7, 11) is 0. The molecule has 0 fully saturated rings. The van der Waals surface area contributed by atoms with Crippen LogP contribution >= 0.6 is 15.9 Å². The van der Waals surface area contributed by atoms with Gasteiger partial charge in [0.15, 0.2) is 5.82 Å². The number of hydrogen-bond acceptors (Lipinski definition) is 3. The van der Waals surface area contributed by atoms with Crippen LogP contribution in [0.4, 0.5) is 10.1 Å². The van der Waals surface area contributed by atoms with Crippen LogP contribution in [-0.4, -0.2) is 20.4 Å². The smallest absolute Gasteiger partial charge is 0.275 e. The Labute approximate surface area is 134 Å². The van der Waals surface area contributed by atoms with Crippen LogP contribution in [0, 0.1) is 5.82 Å². The molecule has 1 amide bonds. The molecule has 110 valence electrons. The lowest BCUT2D eigenvalue weighted by Crippen LogP contribution is -2.13. The molecule has 0 atom stereocenters. The molecule has 3 aromatic rings. The van der Waals surface area contributed by atoms with E-state index in [-0.39, 0.29) is 11.4 Å². The van der Waals surface area contributed by atoms with Gasteiger partial charge in [-0.2, -0.15) is 0 Å². The van der Waals surface area contributed by atoms with E-state index in [1.165, 1.54) is 18.6 Å². The second kappa shape index (κ2) is 6.07. The maximum Gasteiger partial charge on any atom is 0.275 e. The molecule has 3 rings (SSSR count). The largest absolute Gasteiger partial charge is 0.318 e. The highest BCUT2D eigenvalue weighted by molar-refractivity contribution is 9.10. The topological polar surface area (TPSA) is 59.8 Å². The molecule has 0 unspecified atom stereocenters. The fourth-order valence-corrected chi connectivity index (χ4v) is 2.12. The SMILES string of the molecule is O=C(Nc1ccncc1F)c1cn(-c2ccc(Br)cc2)cn1. The Morgan fingerprint density at radius 2 is 2.00 bits per heavy atom. The lowest BCUT2D eigenvalue weighted by Gasteiger charge is -2.03. The predicted molar refractivity (Wildman–Crippen MR) is 83.4 cm³/mol. The Kier molecular flexibility index (Phi) is 3.97. The van der Waals surface area contributed by atoms with Crippen LogP contribution in [0.1, 0.15) is 10.5 Å². The van der Waals surface area contributed by atoms with Crippen molar-refractivity contribution in [2.24, 2.45) is 0 Å². The second-order valence-electron chi connectivity index (χ2n) is 4.45. The van der Waals surface area contributed by atoms with Gasteiger partial charge in [0.25, 0.3) is 5.91 Å². The maximum absolute atomic E-state index is 13.5. The average Bonchev–Trinajstić information content (AvgIpc) is 3.00. The molecule has 5 nitrogen and oxygen atoms in total. The van der Waals surface area contributed by atoms with Crippen LogP contribution in [0.2, 0.25) is 0 Å². The summed E-state index contributed by atoms with van der Waals surface area (Å²) in [4.78, 5) is 19.8. The quantitative estimate of drug-likeness (QED) is 0.778. The van der Waals surface area contributed by atoms with E-state index in [9.17, 15) is 9.18 Å². The highest BCUT2D eigenvalue weighted by Gasteiger charge is 2.12. The zero-order valence-corrected chi connectivity index (χ0v) is 12.8. The van der Waals surface area contributed by atoms with Crippen molar-refractivity contribution in [3.05, 3.63) is 71.2 Å². The molecule has 0 saturated heterocycles. The van der Waals surface area contributed by atoms with Crippen molar-refractivity contribution in [2.75, 3.05) is 5.32 Å². The molecule has 0 aliphatic rings. The normalized spacial score (nSPS) is 10.5. The van der Waals surface area contributed by atoms with Crippen LogP contribution in [0.3, 0.4) is 0 Å². The summed E-state index contributed by atoms with van der Waals surface area (Å²) in [5, 5.41) is 2.46. The summed E-state index contributed by atoms with van der Waals surface area (Å²) in [6.45, 7) is 0. The Balaban J connectivity index is 1.80. The lowest BCUT2D eigenvalue weighted by atomic mass is 10.3. The average molecular weight is 361 g/mol. The zero-order chi connectivity index (χ0) is 15.5. The van der Waals surface area contributed by atoms with Gasteiger partial charge in [0.1, 0.15) is 12.0 Å². The summed E-state index contributed by atoms with van der Waals surface area (Å²) >= 11 is 3.36. The van der Waals surface area contributed by atoms with Gasteiger partial charge in [-0.15, -0.1) is 0 Å². The van der Waals surface area contributed by atoms with Gasteiger partial charge >= 0.3 is 0 Å². The number of carbonyl (C=O) groups is 1. The van der Waals surface area contributed by atoms with Gasteiger partial charge in [0, 0.05) is 22.6 Å². The summed E-state index contributed by atoms with van der Waals surface area (Å²) in [6, 6.07) is 8.94. The summed E-state index contributed by atoms with van der Waals surface area (Å²) in [5.74, 6) is -1.08. The van der Waals surface area contributed by atoms with Crippen molar-refractivity contribution in [1.82, 2.24) is 14.5 Å². The first-order chi connectivity index (χ1) is 10.6. The highest BCUT2D eigenvalue weighted by Crippen LogP contribution is 2.16. The van der Waals surface area contributed by atoms with Crippen molar-refractivity contribution in [1.29, 1.82) is 0 Å². The van der Waals surface area contributed by atoms with Gasteiger partial charge in [0.05, 0.1) is 11.9 Å². The van der Waals surface area contributed by atoms with Crippen molar-refractivity contribution < 1.29 is 9.18 Å². The van der Waals surface area contributed by atoms with Crippen LogP contribution in [0.15, 0.2) is 59.7 Å². The number of pyridine rings is 1. The van der Waals surface area contributed by atoms with Crippen LogP contribution in [-0.2, 0) is 0 Å². The monoisotopic (exact) mass is 360 g/mol. The van der Waals surface area contributed by atoms with Gasteiger partial charge in [-0.25, -0.2) is 9.37 Å². The summed E-state index contributed by atoms with van der Waals surface area (Å²) < 4.78 is 16.1. The molecule has 0 aliphatic carbocycles. The number of benzene rings is 1. The number of aromatic nitrogens is 3. The lowest BCUT2D eigenvalue weighted by molar-refractivity contribution is 0.102. The molecular formula is C15H10BrFN4O. The minimum Gasteiger partial charge on any atom is -0.318 e. The van der Waals surface area contributed by atoms with E-state index >= 15 is 0 Å². The van der Waals surface area contributed by atoms with Gasteiger partial charge in [-0.05, 0) is 30.3 Å². The number of nitrogens with zero attached hydrogens (tertiary/aromatic N) is 3. The standard InChI is InChI=1S/C15H10BrFN4O/c16-10-1-3-11(4-2-10)21-8-14(19-9-21)15(22)20-13-5-6-18-7-12(13)17/h1-9H,(H,18,20,22). The van der Waals surface area contributed by atoms with E-state index < -0.39 is 11.7 Å². The van der Waals surface area contributed by atoms with Crippen molar-refractivity contribution in [2.45, 2.75) is 0 Å². The zero-order valence-electron chi connectivity index (χ0n) is 11.2. The van der Waals surface area contributed by atoms with Gasteiger partial charge in [0.2, 0.25) is 0 Å². The molecule has 1 N–H and O–H groups in total. The van der Waals surface area contributed by atoms with E-state index in [4.69, 9.17) is 0 Å².